The molecule has 0 aliphatic carbocycles. The molecule has 0 heterocycles. The first-order valence-corrected chi connectivity index (χ1v) is 7.59. The Morgan fingerprint density at radius 2 is 1.50 bits per heavy atom. The Bertz CT molecular complexity index is 248. The van der Waals surface area contributed by atoms with Crippen LogP contribution in [-0.2, 0) is 9.53 Å². The van der Waals surface area contributed by atoms with Crippen molar-refractivity contribution in [2.24, 2.45) is 0 Å². The van der Waals surface area contributed by atoms with Gasteiger partial charge in [-0.3, -0.25) is 0 Å². The molecule has 0 aromatic carbocycles. The van der Waals surface area contributed by atoms with Crippen LogP contribution in [0, 0.1) is 0 Å². The molecular weight excluding hydrogens is 224 g/mol. The van der Waals surface area contributed by atoms with Gasteiger partial charge in [0.25, 0.3) is 0 Å². The minimum atomic E-state index is -0.0910. The van der Waals surface area contributed by atoms with Crippen molar-refractivity contribution in [1.82, 2.24) is 0 Å². The fourth-order valence-electron chi connectivity index (χ4n) is 2.22. The summed E-state index contributed by atoms with van der Waals surface area (Å²) in [7, 11) is 0. The molecule has 0 aromatic rings. The van der Waals surface area contributed by atoms with Gasteiger partial charge in [-0.25, -0.2) is 4.79 Å². The average Bonchev–Trinajstić information content (AvgIpc) is 2.37. The third-order valence-electron chi connectivity index (χ3n) is 3.33. The lowest BCUT2D eigenvalue weighted by atomic mass is 9.97. The Morgan fingerprint density at radius 3 is 2.00 bits per heavy atom. The summed E-state index contributed by atoms with van der Waals surface area (Å²) in [5.74, 6) is -0.0910. The SMILES string of the molecule is CCCCCCCC(C(=O)OCC)=C(CC)CC. The third-order valence-corrected chi connectivity index (χ3v) is 3.33. The van der Waals surface area contributed by atoms with Crippen molar-refractivity contribution in [2.75, 3.05) is 6.61 Å². The third kappa shape index (κ3) is 6.83. The number of carbonyl (C=O) groups excluding carboxylic acids is 1. The molecule has 0 saturated carbocycles. The van der Waals surface area contributed by atoms with Gasteiger partial charge in [0.2, 0.25) is 0 Å². The largest absolute Gasteiger partial charge is 0.463 e. The first-order valence-electron chi connectivity index (χ1n) is 7.59. The van der Waals surface area contributed by atoms with Gasteiger partial charge in [0.15, 0.2) is 0 Å². The summed E-state index contributed by atoms with van der Waals surface area (Å²) in [4.78, 5) is 11.9. The van der Waals surface area contributed by atoms with E-state index >= 15 is 0 Å². The molecule has 0 rings (SSSR count). The highest BCUT2D eigenvalue weighted by molar-refractivity contribution is 5.89. The van der Waals surface area contributed by atoms with E-state index in [1.54, 1.807) is 0 Å². The van der Waals surface area contributed by atoms with E-state index in [0.29, 0.717) is 6.61 Å². The zero-order valence-electron chi connectivity index (χ0n) is 12.7. The number of hydrogen-bond donors (Lipinski definition) is 0. The number of hydrogen-bond acceptors (Lipinski definition) is 2. The van der Waals surface area contributed by atoms with E-state index in [0.717, 1.165) is 31.3 Å². The molecule has 0 atom stereocenters. The molecule has 2 heteroatoms. The summed E-state index contributed by atoms with van der Waals surface area (Å²) in [5, 5.41) is 0. The van der Waals surface area contributed by atoms with Crippen molar-refractivity contribution in [2.45, 2.75) is 79.1 Å². The molecule has 106 valence electrons. The van der Waals surface area contributed by atoms with Crippen LogP contribution in [-0.4, -0.2) is 12.6 Å². The van der Waals surface area contributed by atoms with Gasteiger partial charge in [-0.2, -0.15) is 0 Å². The monoisotopic (exact) mass is 254 g/mol. The minimum Gasteiger partial charge on any atom is -0.463 e. The van der Waals surface area contributed by atoms with Crippen molar-refractivity contribution in [3.63, 3.8) is 0 Å². The normalized spacial score (nSPS) is 10.2. The maximum atomic E-state index is 11.9. The molecule has 0 spiro atoms. The predicted molar refractivity (Wildman–Crippen MR) is 77.6 cm³/mol. The number of allylic oxidation sites excluding steroid dienone is 1. The number of unbranched alkanes of at least 4 members (excludes halogenated alkanes) is 4. The van der Waals surface area contributed by atoms with Crippen LogP contribution in [0.15, 0.2) is 11.1 Å². The standard InChI is InChI=1S/C16H30O2/c1-5-9-10-11-12-13-15(14(6-2)7-3)16(17)18-8-4/h5-13H2,1-4H3. The van der Waals surface area contributed by atoms with Gasteiger partial charge in [-0.15, -0.1) is 0 Å². The molecule has 0 bridgehead atoms. The lowest BCUT2D eigenvalue weighted by molar-refractivity contribution is -0.138. The summed E-state index contributed by atoms with van der Waals surface area (Å²) >= 11 is 0. The van der Waals surface area contributed by atoms with Gasteiger partial charge in [0.05, 0.1) is 6.61 Å². The average molecular weight is 254 g/mol. The number of esters is 1. The summed E-state index contributed by atoms with van der Waals surface area (Å²) in [6, 6.07) is 0. The lowest BCUT2D eigenvalue weighted by Crippen LogP contribution is -2.10. The Kier molecular flexibility index (Phi) is 10.8. The summed E-state index contributed by atoms with van der Waals surface area (Å²) in [6.07, 6.45) is 8.97. The van der Waals surface area contributed by atoms with E-state index in [-0.39, 0.29) is 5.97 Å². The molecule has 0 amide bonds. The Morgan fingerprint density at radius 1 is 0.889 bits per heavy atom. The number of carbonyl (C=O) groups is 1. The zero-order valence-corrected chi connectivity index (χ0v) is 12.7. The van der Waals surface area contributed by atoms with Gasteiger partial charge < -0.3 is 4.74 Å². The molecule has 0 radical (unpaired) electrons. The van der Waals surface area contributed by atoms with Crippen molar-refractivity contribution in [1.29, 1.82) is 0 Å². The van der Waals surface area contributed by atoms with Crippen LogP contribution >= 0.6 is 0 Å². The Balaban J connectivity index is 4.39. The van der Waals surface area contributed by atoms with Crippen molar-refractivity contribution in [3.05, 3.63) is 11.1 Å². The number of rotatable bonds is 10. The molecule has 0 aliphatic heterocycles. The van der Waals surface area contributed by atoms with E-state index in [1.807, 2.05) is 6.92 Å². The van der Waals surface area contributed by atoms with Crippen LogP contribution in [0.2, 0.25) is 0 Å². The van der Waals surface area contributed by atoms with Gasteiger partial charge in [-0.1, -0.05) is 52.0 Å². The van der Waals surface area contributed by atoms with Crippen LogP contribution in [0.3, 0.4) is 0 Å². The van der Waals surface area contributed by atoms with E-state index in [2.05, 4.69) is 20.8 Å². The fourth-order valence-corrected chi connectivity index (χ4v) is 2.22. The highest BCUT2D eigenvalue weighted by atomic mass is 16.5. The van der Waals surface area contributed by atoms with Crippen LogP contribution in [0.1, 0.15) is 79.1 Å². The molecular formula is C16H30O2. The fraction of sp³-hybridized carbons (Fsp3) is 0.812. The summed E-state index contributed by atoms with van der Waals surface area (Å²) in [6.45, 7) is 8.80. The second-order valence-electron chi connectivity index (χ2n) is 4.67. The summed E-state index contributed by atoms with van der Waals surface area (Å²) < 4.78 is 5.17. The molecule has 0 fully saturated rings. The molecule has 0 saturated heterocycles. The van der Waals surface area contributed by atoms with E-state index in [4.69, 9.17) is 4.74 Å². The minimum absolute atomic E-state index is 0.0910. The molecule has 18 heavy (non-hydrogen) atoms. The molecule has 0 unspecified atom stereocenters. The van der Waals surface area contributed by atoms with E-state index in [9.17, 15) is 4.79 Å². The maximum absolute atomic E-state index is 11.9. The first kappa shape index (κ1) is 17.2. The second-order valence-corrected chi connectivity index (χ2v) is 4.67. The van der Waals surface area contributed by atoms with Gasteiger partial charge in [0.1, 0.15) is 0 Å². The zero-order chi connectivity index (χ0) is 13.8. The molecule has 0 N–H and O–H groups in total. The highest BCUT2D eigenvalue weighted by Crippen LogP contribution is 2.20. The van der Waals surface area contributed by atoms with E-state index in [1.165, 1.54) is 31.3 Å². The van der Waals surface area contributed by atoms with Crippen molar-refractivity contribution >= 4 is 5.97 Å². The number of ether oxygens (including phenoxy) is 1. The van der Waals surface area contributed by atoms with Gasteiger partial charge in [-0.05, 0) is 32.6 Å². The molecule has 0 aliphatic rings. The maximum Gasteiger partial charge on any atom is 0.333 e. The van der Waals surface area contributed by atoms with Crippen molar-refractivity contribution in [3.8, 4) is 0 Å². The Labute approximate surface area is 113 Å². The quantitative estimate of drug-likeness (QED) is 0.310. The highest BCUT2D eigenvalue weighted by Gasteiger charge is 2.14. The van der Waals surface area contributed by atoms with Gasteiger partial charge >= 0.3 is 5.97 Å². The smallest absolute Gasteiger partial charge is 0.333 e. The van der Waals surface area contributed by atoms with Crippen LogP contribution in [0.4, 0.5) is 0 Å². The Hall–Kier alpha value is -0.790. The summed E-state index contributed by atoms with van der Waals surface area (Å²) in [5.41, 5.74) is 2.21. The molecule has 0 aromatic heterocycles. The van der Waals surface area contributed by atoms with E-state index < -0.39 is 0 Å². The topological polar surface area (TPSA) is 26.3 Å². The predicted octanol–water partition coefficient (Wildman–Crippen LogP) is 5.03. The first-order chi connectivity index (χ1) is 8.71. The van der Waals surface area contributed by atoms with Gasteiger partial charge in [0, 0.05) is 5.57 Å². The van der Waals surface area contributed by atoms with Crippen LogP contribution < -0.4 is 0 Å². The second kappa shape index (κ2) is 11.3. The van der Waals surface area contributed by atoms with Crippen LogP contribution in [0.25, 0.3) is 0 Å². The van der Waals surface area contributed by atoms with Crippen molar-refractivity contribution < 1.29 is 9.53 Å². The molecule has 2 nitrogen and oxygen atoms in total. The lowest BCUT2D eigenvalue weighted by Gasteiger charge is -2.12. The van der Waals surface area contributed by atoms with Crippen LogP contribution in [0.5, 0.6) is 0 Å².